The van der Waals surface area contributed by atoms with Crippen molar-refractivity contribution >= 4 is 5.78 Å². The lowest BCUT2D eigenvalue weighted by molar-refractivity contribution is 0.0992. The molecule has 0 amide bonds. The first kappa shape index (κ1) is 13.3. The average molecular weight is 254 g/mol. The SMILES string of the molecule is COc1cccc(C(=O)Cc2cc(C)cc(C)c2)c1. The second kappa shape index (κ2) is 5.70. The predicted molar refractivity (Wildman–Crippen MR) is 76.9 cm³/mol. The summed E-state index contributed by atoms with van der Waals surface area (Å²) in [5.74, 6) is 0.829. The van der Waals surface area contributed by atoms with Crippen LogP contribution in [0.1, 0.15) is 27.0 Å². The molecular formula is C17H18O2. The molecule has 2 heteroatoms. The van der Waals surface area contributed by atoms with Gasteiger partial charge in [0, 0.05) is 12.0 Å². The maximum atomic E-state index is 12.2. The van der Waals surface area contributed by atoms with Crippen molar-refractivity contribution in [3.63, 3.8) is 0 Å². The lowest BCUT2D eigenvalue weighted by atomic mass is 9.99. The van der Waals surface area contributed by atoms with Gasteiger partial charge in [0.05, 0.1) is 7.11 Å². The third-order valence-corrected chi connectivity index (χ3v) is 3.04. The average Bonchev–Trinajstić information content (AvgIpc) is 2.37. The monoisotopic (exact) mass is 254 g/mol. The van der Waals surface area contributed by atoms with E-state index in [1.54, 1.807) is 13.2 Å². The van der Waals surface area contributed by atoms with E-state index in [1.807, 2.05) is 32.0 Å². The van der Waals surface area contributed by atoms with E-state index in [4.69, 9.17) is 4.74 Å². The van der Waals surface area contributed by atoms with E-state index in [0.717, 1.165) is 5.56 Å². The van der Waals surface area contributed by atoms with Crippen LogP contribution in [0, 0.1) is 13.8 Å². The number of carbonyl (C=O) groups excluding carboxylic acids is 1. The van der Waals surface area contributed by atoms with E-state index in [9.17, 15) is 4.79 Å². The Labute approximate surface area is 114 Å². The van der Waals surface area contributed by atoms with Gasteiger partial charge in [-0.3, -0.25) is 4.79 Å². The van der Waals surface area contributed by atoms with Gasteiger partial charge in [0.25, 0.3) is 0 Å². The van der Waals surface area contributed by atoms with Gasteiger partial charge >= 0.3 is 0 Å². The number of methoxy groups -OCH3 is 1. The summed E-state index contributed by atoms with van der Waals surface area (Å²) in [6.07, 6.45) is 0.426. The van der Waals surface area contributed by atoms with Gasteiger partial charge < -0.3 is 4.74 Å². The van der Waals surface area contributed by atoms with E-state index in [0.29, 0.717) is 17.7 Å². The van der Waals surface area contributed by atoms with Crippen LogP contribution in [-0.4, -0.2) is 12.9 Å². The van der Waals surface area contributed by atoms with Gasteiger partial charge in [-0.1, -0.05) is 41.5 Å². The van der Waals surface area contributed by atoms with Crippen LogP contribution < -0.4 is 4.74 Å². The van der Waals surface area contributed by atoms with Crippen molar-refractivity contribution < 1.29 is 9.53 Å². The molecule has 98 valence electrons. The minimum absolute atomic E-state index is 0.115. The van der Waals surface area contributed by atoms with E-state index in [2.05, 4.69) is 18.2 Å². The van der Waals surface area contributed by atoms with Crippen molar-refractivity contribution in [2.75, 3.05) is 7.11 Å². The summed E-state index contributed by atoms with van der Waals surface area (Å²) in [5, 5.41) is 0. The molecule has 0 aliphatic carbocycles. The lowest BCUT2D eigenvalue weighted by Crippen LogP contribution is -2.04. The Kier molecular flexibility index (Phi) is 4.00. The Hall–Kier alpha value is -2.09. The fourth-order valence-corrected chi connectivity index (χ4v) is 2.26. The number of Topliss-reactive ketones (excluding diaryl/α,β-unsaturated/α-hetero) is 1. The summed E-state index contributed by atoms with van der Waals surface area (Å²) in [4.78, 5) is 12.2. The first-order chi connectivity index (χ1) is 9.08. The fraction of sp³-hybridized carbons (Fsp3) is 0.235. The van der Waals surface area contributed by atoms with Crippen LogP contribution >= 0.6 is 0 Å². The molecule has 2 aromatic carbocycles. The smallest absolute Gasteiger partial charge is 0.167 e. The molecular weight excluding hydrogens is 236 g/mol. The van der Waals surface area contributed by atoms with Gasteiger partial charge in [0.2, 0.25) is 0 Å². The normalized spacial score (nSPS) is 10.3. The number of rotatable bonds is 4. The molecule has 0 unspecified atom stereocenters. The number of ketones is 1. The summed E-state index contributed by atoms with van der Waals surface area (Å²) in [6.45, 7) is 4.10. The van der Waals surface area contributed by atoms with Gasteiger partial charge in [-0.25, -0.2) is 0 Å². The van der Waals surface area contributed by atoms with Crippen molar-refractivity contribution in [2.24, 2.45) is 0 Å². The summed E-state index contributed by atoms with van der Waals surface area (Å²) in [7, 11) is 1.60. The van der Waals surface area contributed by atoms with Crippen LogP contribution in [0.15, 0.2) is 42.5 Å². The van der Waals surface area contributed by atoms with Crippen LogP contribution in [0.3, 0.4) is 0 Å². The summed E-state index contributed by atoms with van der Waals surface area (Å²) in [6, 6.07) is 13.5. The van der Waals surface area contributed by atoms with Gasteiger partial charge in [-0.15, -0.1) is 0 Å². The zero-order valence-corrected chi connectivity index (χ0v) is 11.6. The Balaban J connectivity index is 2.20. The van der Waals surface area contributed by atoms with Crippen LogP contribution in [0.5, 0.6) is 5.75 Å². The van der Waals surface area contributed by atoms with Crippen LogP contribution in [0.25, 0.3) is 0 Å². The maximum Gasteiger partial charge on any atom is 0.167 e. The molecule has 0 bridgehead atoms. The number of aryl methyl sites for hydroxylation is 2. The second-order valence-electron chi connectivity index (χ2n) is 4.83. The highest BCUT2D eigenvalue weighted by molar-refractivity contribution is 5.97. The Morgan fingerprint density at radius 1 is 1.05 bits per heavy atom. The summed E-state index contributed by atoms with van der Waals surface area (Å²) in [5.41, 5.74) is 4.13. The van der Waals surface area contributed by atoms with Gasteiger partial charge in [-0.2, -0.15) is 0 Å². The molecule has 0 spiro atoms. The second-order valence-corrected chi connectivity index (χ2v) is 4.83. The Morgan fingerprint density at radius 3 is 2.37 bits per heavy atom. The topological polar surface area (TPSA) is 26.3 Å². The Bertz CT molecular complexity index is 580. The lowest BCUT2D eigenvalue weighted by Gasteiger charge is -2.06. The number of benzene rings is 2. The third-order valence-electron chi connectivity index (χ3n) is 3.04. The highest BCUT2D eigenvalue weighted by Gasteiger charge is 2.08. The van der Waals surface area contributed by atoms with Crippen LogP contribution in [-0.2, 0) is 6.42 Å². The van der Waals surface area contributed by atoms with Gasteiger partial charge in [-0.05, 0) is 31.5 Å². The van der Waals surface area contributed by atoms with E-state index < -0.39 is 0 Å². The molecule has 2 rings (SSSR count). The third kappa shape index (κ3) is 3.44. The summed E-state index contributed by atoms with van der Waals surface area (Å²) >= 11 is 0. The van der Waals surface area contributed by atoms with E-state index in [1.165, 1.54) is 11.1 Å². The molecule has 0 aliphatic rings. The minimum atomic E-state index is 0.115. The number of hydrogen-bond donors (Lipinski definition) is 0. The molecule has 2 aromatic rings. The maximum absolute atomic E-state index is 12.2. The highest BCUT2D eigenvalue weighted by atomic mass is 16.5. The highest BCUT2D eigenvalue weighted by Crippen LogP contribution is 2.16. The molecule has 2 nitrogen and oxygen atoms in total. The van der Waals surface area contributed by atoms with Crippen molar-refractivity contribution in [2.45, 2.75) is 20.3 Å². The number of carbonyl (C=O) groups is 1. The Morgan fingerprint density at radius 2 is 1.74 bits per heavy atom. The molecule has 0 saturated carbocycles. The molecule has 0 aliphatic heterocycles. The van der Waals surface area contributed by atoms with Crippen molar-refractivity contribution in [3.05, 3.63) is 64.7 Å². The van der Waals surface area contributed by atoms with E-state index in [-0.39, 0.29) is 5.78 Å². The van der Waals surface area contributed by atoms with Gasteiger partial charge in [0.1, 0.15) is 5.75 Å². The zero-order chi connectivity index (χ0) is 13.8. The molecule has 0 atom stereocenters. The number of hydrogen-bond acceptors (Lipinski definition) is 2. The predicted octanol–water partition coefficient (Wildman–Crippen LogP) is 3.74. The molecule has 0 aromatic heterocycles. The van der Waals surface area contributed by atoms with Crippen molar-refractivity contribution in [3.8, 4) is 5.75 Å². The van der Waals surface area contributed by atoms with Crippen molar-refractivity contribution in [1.29, 1.82) is 0 Å². The minimum Gasteiger partial charge on any atom is -0.497 e. The first-order valence-corrected chi connectivity index (χ1v) is 6.33. The standard InChI is InChI=1S/C17H18O2/c1-12-7-13(2)9-14(8-12)10-17(18)15-5-4-6-16(11-15)19-3/h4-9,11H,10H2,1-3H3. The fourth-order valence-electron chi connectivity index (χ4n) is 2.26. The molecule has 19 heavy (non-hydrogen) atoms. The molecule has 0 radical (unpaired) electrons. The first-order valence-electron chi connectivity index (χ1n) is 6.33. The van der Waals surface area contributed by atoms with Gasteiger partial charge in [0.15, 0.2) is 5.78 Å². The molecule has 0 N–H and O–H groups in total. The summed E-state index contributed by atoms with van der Waals surface area (Å²) < 4.78 is 5.14. The number of ether oxygens (including phenoxy) is 1. The largest absolute Gasteiger partial charge is 0.497 e. The zero-order valence-electron chi connectivity index (χ0n) is 11.6. The van der Waals surface area contributed by atoms with E-state index >= 15 is 0 Å². The van der Waals surface area contributed by atoms with Crippen LogP contribution in [0.2, 0.25) is 0 Å². The quantitative estimate of drug-likeness (QED) is 0.777. The van der Waals surface area contributed by atoms with Crippen molar-refractivity contribution in [1.82, 2.24) is 0 Å². The molecule has 0 fully saturated rings. The van der Waals surface area contributed by atoms with Crippen LogP contribution in [0.4, 0.5) is 0 Å². The molecule has 0 heterocycles. The molecule has 0 saturated heterocycles.